The number of halogens is 2. The lowest BCUT2D eigenvalue weighted by atomic mass is 10.0. The second-order valence-corrected chi connectivity index (χ2v) is 7.70. The Morgan fingerprint density at radius 1 is 0.909 bits per heavy atom. The molecule has 0 fully saturated rings. The minimum Gasteiger partial charge on any atom is -0.496 e. The highest BCUT2D eigenvalue weighted by atomic mass is 35.5. The number of nitrogens with zero attached hydrogens (tertiary/aromatic N) is 3. The second-order valence-electron chi connectivity index (χ2n) is 7.29. The van der Waals surface area contributed by atoms with Gasteiger partial charge in [0.25, 0.3) is 0 Å². The van der Waals surface area contributed by atoms with Gasteiger partial charge in [0.15, 0.2) is 5.82 Å². The van der Waals surface area contributed by atoms with Crippen LogP contribution in [0.5, 0.6) is 5.75 Å². The number of benzene rings is 3. The molecular weight excluding hydrogens is 439 g/mol. The Morgan fingerprint density at radius 3 is 2.55 bits per heavy atom. The van der Waals surface area contributed by atoms with Crippen molar-refractivity contribution in [1.29, 1.82) is 0 Å². The molecule has 33 heavy (non-hydrogen) atoms. The van der Waals surface area contributed by atoms with Crippen molar-refractivity contribution in [2.45, 2.75) is 0 Å². The zero-order valence-corrected chi connectivity index (χ0v) is 18.3. The van der Waals surface area contributed by atoms with Crippen LogP contribution in [0.25, 0.3) is 33.4 Å². The molecule has 7 heteroatoms. The summed E-state index contributed by atoms with van der Waals surface area (Å²) in [5.74, 6) is 1.34. The third-order valence-corrected chi connectivity index (χ3v) is 5.52. The summed E-state index contributed by atoms with van der Waals surface area (Å²) in [6.07, 6.45) is 3.41. The highest BCUT2D eigenvalue weighted by Gasteiger charge is 2.16. The van der Waals surface area contributed by atoms with Crippen molar-refractivity contribution < 1.29 is 9.13 Å². The van der Waals surface area contributed by atoms with E-state index in [1.807, 2.05) is 54.6 Å². The maximum atomic E-state index is 13.7. The predicted octanol–water partition coefficient (Wildman–Crippen LogP) is 6.90. The lowest BCUT2D eigenvalue weighted by molar-refractivity contribution is 0.416. The first-order valence-electron chi connectivity index (χ1n) is 10.2. The minimum absolute atomic E-state index is 0.0283. The lowest BCUT2D eigenvalue weighted by Gasteiger charge is -2.15. The van der Waals surface area contributed by atoms with Crippen molar-refractivity contribution in [3.8, 4) is 28.3 Å². The summed E-state index contributed by atoms with van der Waals surface area (Å²) in [4.78, 5) is 13.9. The van der Waals surface area contributed by atoms with Gasteiger partial charge in [0.2, 0.25) is 0 Å². The second kappa shape index (κ2) is 8.84. The van der Waals surface area contributed by atoms with Gasteiger partial charge in [0.05, 0.1) is 17.6 Å². The highest BCUT2D eigenvalue weighted by molar-refractivity contribution is 6.31. The highest BCUT2D eigenvalue weighted by Crippen LogP contribution is 2.37. The number of aromatic nitrogens is 3. The van der Waals surface area contributed by atoms with Crippen LogP contribution in [0, 0.1) is 5.82 Å². The molecule has 0 saturated heterocycles. The fourth-order valence-corrected chi connectivity index (χ4v) is 3.85. The summed E-state index contributed by atoms with van der Waals surface area (Å²) in [6, 6.07) is 21.9. The van der Waals surface area contributed by atoms with E-state index in [1.54, 1.807) is 25.6 Å². The molecule has 0 bridgehead atoms. The summed E-state index contributed by atoms with van der Waals surface area (Å²) >= 11 is 5.99. The van der Waals surface area contributed by atoms with Crippen LogP contribution >= 0.6 is 11.6 Å². The first kappa shape index (κ1) is 20.8. The molecule has 0 aliphatic heterocycles. The smallest absolute Gasteiger partial charge is 0.163 e. The average molecular weight is 457 g/mol. The van der Waals surface area contributed by atoms with E-state index in [2.05, 4.69) is 10.3 Å². The number of pyridine rings is 1. The maximum Gasteiger partial charge on any atom is 0.163 e. The lowest BCUT2D eigenvalue weighted by Crippen LogP contribution is -2.01. The van der Waals surface area contributed by atoms with Gasteiger partial charge in [-0.2, -0.15) is 0 Å². The molecule has 0 spiro atoms. The van der Waals surface area contributed by atoms with Crippen LogP contribution in [0.15, 0.2) is 85.2 Å². The Bertz CT molecular complexity index is 1460. The summed E-state index contributed by atoms with van der Waals surface area (Å²) < 4.78 is 19.3. The summed E-state index contributed by atoms with van der Waals surface area (Å²) in [5, 5.41) is 4.10. The molecule has 162 valence electrons. The van der Waals surface area contributed by atoms with E-state index in [4.69, 9.17) is 26.3 Å². The Morgan fingerprint density at radius 2 is 1.76 bits per heavy atom. The van der Waals surface area contributed by atoms with E-state index in [-0.39, 0.29) is 5.02 Å². The molecule has 0 amide bonds. The molecule has 0 unspecified atom stereocenters. The molecule has 0 aliphatic rings. The van der Waals surface area contributed by atoms with Gasteiger partial charge >= 0.3 is 0 Å². The number of ether oxygens (including phenoxy) is 1. The average Bonchev–Trinajstić information content (AvgIpc) is 2.86. The molecule has 2 heterocycles. The number of para-hydroxylation sites is 2. The Kier molecular flexibility index (Phi) is 5.59. The molecule has 5 aromatic rings. The van der Waals surface area contributed by atoms with Crippen molar-refractivity contribution in [3.63, 3.8) is 0 Å². The molecule has 5 rings (SSSR count). The third kappa shape index (κ3) is 4.08. The Balaban J connectivity index is 1.76. The number of hydrogen-bond acceptors (Lipinski definition) is 5. The van der Waals surface area contributed by atoms with Gasteiger partial charge in [-0.3, -0.25) is 4.98 Å². The van der Waals surface area contributed by atoms with Gasteiger partial charge in [-0.25, -0.2) is 14.4 Å². The van der Waals surface area contributed by atoms with Gasteiger partial charge in [0.1, 0.15) is 17.4 Å². The Labute approximate surface area is 194 Å². The minimum atomic E-state index is -0.482. The largest absolute Gasteiger partial charge is 0.496 e. The SMILES string of the molecule is COc1ccccc1-c1cccc2c(Nc3ccc(F)c(Cl)c3)nc(-c3cccnc3)nc12. The third-order valence-electron chi connectivity index (χ3n) is 5.23. The van der Waals surface area contributed by atoms with Crippen molar-refractivity contribution >= 4 is 34.0 Å². The summed E-state index contributed by atoms with van der Waals surface area (Å²) in [6.45, 7) is 0. The molecule has 2 aromatic heterocycles. The Hall–Kier alpha value is -4.03. The topological polar surface area (TPSA) is 59.9 Å². The number of hydrogen-bond donors (Lipinski definition) is 1. The molecule has 0 saturated carbocycles. The quantitative estimate of drug-likeness (QED) is 0.311. The number of rotatable bonds is 5. The van der Waals surface area contributed by atoms with Crippen LogP contribution in [-0.2, 0) is 0 Å². The van der Waals surface area contributed by atoms with Crippen LogP contribution in [0.4, 0.5) is 15.9 Å². The van der Waals surface area contributed by atoms with Crippen LogP contribution in [0.3, 0.4) is 0 Å². The summed E-state index contributed by atoms with van der Waals surface area (Å²) in [7, 11) is 1.64. The molecule has 5 nitrogen and oxygen atoms in total. The van der Waals surface area contributed by atoms with E-state index in [9.17, 15) is 4.39 Å². The van der Waals surface area contributed by atoms with Gasteiger partial charge in [-0.1, -0.05) is 41.9 Å². The number of anilines is 2. The van der Waals surface area contributed by atoms with Gasteiger partial charge in [-0.15, -0.1) is 0 Å². The number of fused-ring (bicyclic) bond motifs is 1. The van der Waals surface area contributed by atoms with Gasteiger partial charge < -0.3 is 10.1 Å². The van der Waals surface area contributed by atoms with E-state index >= 15 is 0 Å². The van der Waals surface area contributed by atoms with Crippen molar-refractivity contribution in [2.75, 3.05) is 12.4 Å². The van der Waals surface area contributed by atoms with Gasteiger partial charge in [-0.05, 0) is 42.5 Å². The molecule has 0 atom stereocenters. The van der Waals surface area contributed by atoms with Crippen molar-refractivity contribution in [3.05, 3.63) is 96.0 Å². The summed E-state index contributed by atoms with van der Waals surface area (Å²) in [5.41, 5.74) is 3.94. The first-order chi connectivity index (χ1) is 16.1. The zero-order valence-electron chi connectivity index (χ0n) is 17.6. The van der Waals surface area contributed by atoms with E-state index < -0.39 is 5.82 Å². The zero-order chi connectivity index (χ0) is 22.8. The standard InChI is InChI=1S/C26H18ClFN4O/c1-33-23-10-3-2-7-18(23)19-8-4-9-20-24(19)31-25(16-6-5-13-29-15-16)32-26(20)30-17-11-12-22(28)21(27)14-17/h2-15H,1H3,(H,30,31,32). The maximum absolute atomic E-state index is 13.7. The van der Waals surface area contributed by atoms with Gasteiger partial charge in [0, 0.05) is 40.2 Å². The normalized spacial score (nSPS) is 10.9. The molecule has 0 radical (unpaired) electrons. The molecular formula is C26H18ClFN4O. The fraction of sp³-hybridized carbons (Fsp3) is 0.0385. The molecule has 0 aliphatic carbocycles. The molecule has 3 aromatic carbocycles. The van der Waals surface area contributed by atoms with Crippen molar-refractivity contribution in [2.24, 2.45) is 0 Å². The van der Waals surface area contributed by atoms with E-state index in [0.29, 0.717) is 17.3 Å². The van der Waals surface area contributed by atoms with E-state index in [0.717, 1.165) is 33.3 Å². The number of nitrogens with one attached hydrogen (secondary N) is 1. The number of methoxy groups -OCH3 is 1. The first-order valence-corrected chi connectivity index (χ1v) is 10.6. The van der Waals surface area contributed by atoms with Crippen LogP contribution in [-0.4, -0.2) is 22.1 Å². The fourth-order valence-electron chi connectivity index (χ4n) is 3.67. The monoisotopic (exact) mass is 456 g/mol. The van der Waals surface area contributed by atoms with E-state index in [1.165, 1.54) is 12.1 Å². The predicted molar refractivity (Wildman–Crippen MR) is 129 cm³/mol. The van der Waals surface area contributed by atoms with Crippen molar-refractivity contribution in [1.82, 2.24) is 15.0 Å². The van der Waals surface area contributed by atoms with Crippen LogP contribution in [0.1, 0.15) is 0 Å². The van der Waals surface area contributed by atoms with Crippen LogP contribution < -0.4 is 10.1 Å². The van der Waals surface area contributed by atoms with Crippen LogP contribution in [0.2, 0.25) is 5.02 Å². The molecule has 1 N–H and O–H groups in total.